The van der Waals surface area contributed by atoms with Gasteiger partial charge < -0.3 is 24.9 Å². The first-order valence-electron chi connectivity index (χ1n) is 6.51. The lowest BCUT2D eigenvalue weighted by Crippen LogP contribution is -2.32. The smallest absolute Gasteiger partial charge is 0.319 e. The second-order valence-electron chi connectivity index (χ2n) is 4.55. The first kappa shape index (κ1) is 14.9. The normalized spacial score (nSPS) is 11.8. The highest BCUT2D eigenvalue weighted by Gasteiger charge is 2.12. The van der Waals surface area contributed by atoms with Crippen LogP contribution in [0.5, 0.6) is 5.75 Å². The molecular formula is C15H18N2O4. The minimum absolute atomic E-state index is 0.0640. The van der Waals surface area contributed by atoms with E-state index >= 15 is 0 Å². The molecule has 2 aromatic rings. The largest absolute Gasteiger partial charge is 0.496 e. The lowest BCUT2D eigenvalue weighted by atomic mass is 10.2. The molecule has 0 aliphatic carbocycles. The third-order valence-corrected chi connectivity index (χ3v) is 2.98. The lowest BCUT2D eigenvalue weighted by Gasteiger charge is -2.12. The van der Waals surface area contributed by atoms with Gasteiger partial charge in [-0.1, -0.05) is 0 Å². The minimum Gasteiger partial charge on any atom is -0.496 e. The third kappa shape index (κ3) is 4.00. The van der Waals surface area contributed by atoms with Crippen LogP contribution in [0.25, 0.3) is 0 Å². The Labute approximate surface area is 122 Å². The van der Waals surface area contributed by atoms with Crippen molar-refractivity contribution in [3.8, 4) is 5.75 Å². The van der Waals surface area contributed by atoms with E-state index in [1.165, 1.54) is 6.26 Å². The Kier molecular flexibility index (Phi) is 4.84. The van der Waals surface area contributed by atoms with Gasteiger partial charge in [0.05, 0.1) is 19.9 Å². The van der Waals surface area contributed by atoms with Crippen molar-refractivity contribution in [3.05, 3.63) is 47.9 Å². The monoisotopic (exact) mass is 290 g/mol. The van der Waals surface area contributed by atoms with E-state index in [1.54, 1.807) is 37.4 Å². The molecule has 6 heteroatoms. The number of amides is 2. The van der Waals surface area contributed by atoms with E-state index in [9.17, 15) is 9.90 Å². The Bertz CT molecular complexity index is 596. The van der Waals surface area contributed by atoms with Crippen molar-refractivity contribution >= 4 is 11.7 Å². The predicted octanol–water partition coefficient (Wildman–Crippen LogP) is 2.45. The molecule has 2 amide bonds. The number of carbonyl (C=O) groups excluding carboxylic acids is 1. The fourth-order valence-corrected chi connectivity index (χ4v) is 1.90. The molecular weight excluding hydrogens is 272 g/mol. The molecule has 6 nitrogen and oxygen atoms in total. The summed E-state index contributed by atoms with van der Waals surface area (Å²) < 4.78 is 10.2. The van der Waals surface area contributed by atoms with Gasteiger partial charge in [-0.2, -0.15) is 0 Å². The van der Waals surface area contributed by atoms with Gasteiger partial charge in [-0.3, -0.25) is 0 Å². The summed E-state index contributed by atoms with van der Waals surface area (Å²) in [4.78, 5) is 11.8. The van der Waals surface area contributed by atoms with Crippen LogP contribution in [-0.2, 0) is 0 Å². The Morgan fingerprint density at radius 3 is 2.86 bits per heavy atom. The molecule has 112 valence electrons. The van der Waals surface area contributed by atoms with Crippen molar-refractivity contribution in [1.82, 2.24) is 5.32 Å². The zero-order valence-corrected chi connectivity index (χ0v) is 11.9. The zero-order chi connectivity index (χ0) is 15.2. The maximum Gasteiger partial charge on any atom is 0.319 e. The number of ether oxygens (including phenoxy) is 1. The maximum atomic E-state index is 11.8. The average Bonchev–Trinajstić information content (AvgIpc) is 2.99. The van der Waals surface area contributed by atoms with Crippen LogP contribution in [0.3, 0.4) is 0 Å². The average molecular weight is 290 g/mol. The van der Waals surface area contributed by atoms with Gasteiger partial charge in [0.25, 0.3) is 0 Å². The molecule has 1 unspecified atom stereocenters. The van der Waals surface area contributed by atoms with E-state index < -0.39 is 12.1 Å². The van der Waals surface area contributed by atoms with E-state index in [1.807, 2.05) is 6.92 Å². The number of methoxy groups -OCH3 is 1. The van der Waals surface area contributed by atoms with Crippen LogP contribution in [-0.4, -0.2) is 24.8 Å². The van der Waals surface area contributed by atoms with Crippen LogP contribution >= 0.6 is 0 Å². The van der Waals surface area contributed by atoms with E-state index in [0.717, 1.165) is 11.3 Å². The number of aliphatic hydroxyl groups is 1. The Morgan fingerprint density at radius 1 is 1.43 bits per heavy atom. The number of anilines is 1. The molecule has 0 spiro atoms. The van der Waals surface area contributed by atoms with E-state index in [0.29, 0.717) is 11.4 Å². The predicted molar refractivity (Wildman–Crippen MR) is 78.4 cm³/mol. The van der Waals surface area contributed by atoms with Crippen LogP contribution < -0.4 is 15.4 Å². The zero-order valence-electron chi connectivity index (χ0n) is 11.9. The van der Waals surface area contributed by atoms with Gasteiger partial charge in [-0.25, -0.2) is 4.79 Å². The summed E-state index contributed by atoms with van der Waals surface area (Å²) in [6.07, 6.45) is 0.599. The molecule has 0 saturated carbocycles. The highest BCUT2D eigenvalue weighted by molar-refractivity contribution is 5.89. The van der Waals surface area contributed by atoms with Gasteiger partial charge in [-0.15, -0.1) is 0 Å². The SMILES string of the molecule is COc1ccc(NC(=O)NCC(O)c2ccco2)cc1C. The number of carbonyl (C=O) groups is 1. The summed E-state index contributed by atoms with van der Waals surface area (Å²) in [5.74, 6) is 1.17. The summed E-state index contributed by atoms with van der Waals surface area (Å²) >= 11 is 0. The molecule has 0 bridgehead atoms. The quantitative estimate of drug-likeness (QED) is 0.789. The van der Waals surface area contributed by atoms with E-state index in [2.05, 4.69) is 10.6 Å². The number of rotatable bonds is 5. The van der Waals surface area contributed by atoms with Crippen LogP contribution in [0.4, 0.5) is 10.5 Å². The highest BCUT2D eigenvalue weighted by atomic mass is 16.5. The summed E-state index contributed by atoms with van der Waals surface area (Å²) in [7, 11) is 1.60. The summed E-state index contributed by atoms with van der Waals surface area (Å²) in [5.41, 5.74) is 1.57. The number of urea groups is 1. The van der Waals surface area contributed by atoms with E-state index in [-0.39, 0.29) is 6.54 Å². The number of hydrogen-bond acceptors (Lipinski definition) is 4. The molecule has 1 aromatic carbocycles. The lowest BCUT2D eigenvalue weighted by molar-refractivity contribution is 0.149. The Hall–Kier alpha value is -2.47. The second kappa shape index (κ2) is 6.81. The van der Waals surface area contributed by atoms with Crippen molar-refractivity contribution in [1.29, 1.82) is 0 Å². The third-order valence-electron chi connectivity index (χ3n) is 2.98. The number of hydrogen-bond donors (Lipinski definition) is 3. The van der Waals surface area contributed by atoms with Gasteiger partial charge in [0.15, 0.2) is 0 Å². The Balaban J connectivity index is 1.86. The molecule has 3 N–H and O–H groups in total. The van der Waals surface area contributed by atoms with Crippen molar-refractivity contribution in [3.63, 3.8) is 0 Å². The molecule has 0 radical (unpaired) electrons. The number of aliphatic hydroxyl groups excluding tert-OH is 1. The van der Waals surface area contributed by atoms with Gasteiger partial charge in [0.2, 0.25) is 0 Å². The van der Waals surface area contributed by atoms with Gasteiger partial charge in [-0.05, 0) is 42.8 Å². The van der Waals surface area contributed by atoms with Gasteiger partial charge >= 0.3 is 6.03 Å². The molecule has 0 aliphatic heterocycles. The fraction of sp³-hybridized carbons (Fsp3) is 0.267. The highest BCUT2D eigenvalue weighted by Crippen LogP contribution is 2.21. The van der Waals surface area contributed by atoms with Crippen LogP contribution in [0.1, 0.15) is 17.4 Å². The topological polar surface area (TPSA) is 83.7 Å². The second-order valence-corrected chi connectivity index (χ2v) is 4.55. The van der Waals surface area contributed by atoms with Gasteiger partial charge in [0, 0.05) is 5.69 Å². The maximum absolute atomic E-state index is 11.8. The van der Waals surface area contributed by atoms with Crippen molar-refractivity contribution in [2.24, 2.45) is 0 Å². The van der Waals surface area contributed by atoms with Gasteiger partial charge in [0.1, 0.15) is 17.6 Å². The standard InChI is InChI=1S/C15H18N2O4/c1-10-8-11(5-6-13(10)20-2)17-15(19)16-9-12(18)14-4-3-7-21-14/h3-8,12,18H,9H2,1-2H3,(H2,16,17,19). The molecule has 0 saturated heterocycles. The summed E-state index contributed by atoms with van der Waals surface area (Å²) in [5, 5.41) is 15.0. The molecule has 21 heavy (non-hydrogen) atoms. The first-order chi connectivity index (χ1) is 10.1. The molecule has 1 aromatic heterocycles. The number of benzene rings is 1. The van der Waals surface area contributed by atoms with E-state index in [4.69, 9.17) is 9.15 Å². The van der Waals surface area contributed by atoms with Crippen LogP contribution in [0, 0.1) is 6.92 Å². The molecule has 1 atom stereocenters. The minimum atomic E-state index is -0.872. The summed E-state index contributed by atoms with van der Waals surface area (Å²) in [6, 6.07) is 8.26. The van der Waals surface area contributed by atoms with Crippen molar-refractivity contribution in [2.75, 3.05) is 19.0 Å². The molecule has 1 heterocycles. The number of nitrogens with one attached hydrogen (secondary N) is 2. The van der Waals surface area contributed by atoms with Crippen LogP contribution in [0.2, 0.25) is 0 Å². The first-order valence-corrected chi connectivity index (χ1v) is 6.51. The molecule has 0 fully saturated rings. The number of aryl methyl sites for hydroxylation is 1. The Morgan fingerprint density at radius 2 is 2.24 bits per heavy atom. The fourth-order valence-electron chi connectivity index (χ4n) is 1.90. The van der Waals surface area contributed by atoms with Crippen molar-refractivity contribution < 1.29 is 19.1 Å². The van der Waals surface area contributed by atoms with Crippen LogP contribution in [0.15, 0.2) is 41.0 Å². The number of furan rings is 1. The molecule has 0 aliphatic rings. The summed E-state index contributed by atoms with van der Waals surface area (Å²) in [6.45, 7) is 1.96. The molecule has 2 rings (SSSR count). The van der Waals surface area contributed by atoms with Crippen molar-refractivity contribution in [2.45, 2.75) is 13.0 Å².